The number of hydrogen-bond donors (Lipinski definition) is 2. The highest BCUT2D eigenvalue weighted by atomic mass is 16.2. The summed E-state index contributed by atoms with van der Waals surface area (Å²) in [6.07, 6.45) is 4.97. The molecular formula is C20H27N3O3. The van der Waals surface area contributed by atoms with Crippen molar-refractivity contribution < 1.29 is 14.4 Å². The van der Waals surface area contributed by atoms with Gasteiger partial charge in [-0.1, -0.05) is 18.2 Å². The van der Waals surface area contributed by atoms with Crippen molar-refractivity contribution in [3.05, 3.63) is 30.3 Å². The van der Waals surface area contributed by atoms with Crippen LogP contribution in [-0.4, -0.2) is 41.8 Å². The van der Waals surface area contributed by atoms with Gasteiger partial charge in [-0.25, -0.2) is 0 Å². The van der Waals surface area contributed by atoms with E-state index in [1.807, 2.05) is 35.2 Å². The first-order valence-electron chi connectivity index (χ1n) is 9.52. The van der Waals surface area contributed by atoms with Crippen molar-refractivity contribution in [1.82, 2.24) is 10.2 Å². The lowest BCUT2D eigenvalue weighted by atomic mass is 9.91. The summed E-state index contributed by atoms with van der Waals surface area (Å²) in [6, 6.07) is 9.50. The van der Waals surface area contributed by atoms with E-state index in [1.165, 1.54) is 0 Å². The van der Waals surface area contributed by atoms with E-state index in [1.54, 1.807) is 0 Å². The smallest absolute Gasteiger partial charge is 0.224 e. The number of hydrogen-bond acceptors (Lipinski definition) is 3. The number of piperidine rings is 1. The first-order valence-corrected chi connectivity index (χ1v) is 9.52. The summed E-state index contributed by atoms with van der Waals surface area (Å²) in [5, 5.41) is 5.77. The second kappa shape index (κ2) is 8.83. The third-order valence-corrected chi connectivity index (χ3v) is 5.31. The number of nitrogens with zero attached hydrogens (tertiary/aromatic N) is 1. The van der Waals surface area contributed by atoms with Crippen molar-refractivity contribution in [2.45, 2.75) is 51.0 Å². The summed E-state index contributed by atoms with van der Waals surface area (Å²) in [5.41, 5.74) is 0.830. The van der Waals surface area contributed by atoms with Crippen LogP contribution in [0.25, 0.3) is 0 Å². The van der Waals surface area contributed by atoms with Crippen LogP contribution in [0, 0.1) is 5.92 Å². The van der Waals surface area contributed by atoms with Gasteiger partial charge >= 0.3 is 0 Å². The van der Waals surface area contributed by atoms with Crippen LogP contribution >= 0.6 is 0 Å². The Morgan fingerprint density at radius 3 is 2.50 bits per heavy atom. The number of anilines is 1. The lowest BCUT2D eigenvalue weighted by Crippen LogP contribution is -2.41. The Morgan fingerprint density at radius 1 is 1.12 bits per heavy atom. The molecule has 26 heavy (non-hydrogen) atoms. The minimum atomic E-state index is 0.00871. The number of carbonyl (C=O) groups is 3. The van der Waals surface area contributed by atoms with Gasteiger partial charge < -0.3 is 15.5 Å². The minimum absolute atomic E-state index is 0.00871. The minimum Gasteiger partial charge on any atom is -0.353 e. The third-order valence-electron chi connectivity index (χ3n) is 5.31. The first-order chi connectivity index (χ1) is 12.6. The molecule has 1 aromatic rings. The van der Waals surface area contributed by atoms with E-state index in [9.17, 15) is 14.4 Å². The van der Waals surface area contributed by atoms with Gasteiger partial charge in [0.05, 0.1) is 0 Å². The van der Waals surface area contributed by atoms with E-state index in [-0.39, 0.29) is 23.8 Å². The molecule has 0 spiro atoms. The van der Waals surface area contributed by atoms with Crippen LogP contribution in [0.1, 0.15) is 44.9 Å². The molecule has 2 aliphatic rings. The van der Waals surface area contributed by atoms with Crippen molar-refractivity contribution in [2.24, 2.45) is 5.92 Å². The number of amides is 3. The Bertz CT molecular complexity index is 639. The zero-order valence-electron chi connectivity index (χ0n) is 15.1. The maximum atomic E-state index is 12.3. The molecule has 0 saturated carbocycles. The molecule has 3 rings (SSSR count). The average molecular weight is 357 g/mol. The quantitative estimate of drug-likeness (QED) is 0.820. The highest BCUT2D eigenvalue weighted by Gasteiger charge is 2.28. The monoisotopic (exact) mass is 357 g/mol. The molecule has 1 atom stereocenters. The van der Waals surface area contributed by atoms with Gasteiger partial charge in [0, 0.05) is 44.1 Å². The molecule has 3 amide bonds. The number of carbonyl (C=O) groups excluding carboxylic acids is 3. The molecule has 2 fully saturated rings. The largest absolute Gasteiger partial charge is 0.353 e. The fraction of sp³-hybridized carbons (Fsp3) is 0.550. The molecule has 2 saturated heterocycles. The summed E-state index contributed by atoms with van der Waals surface area (Å²) in [7, 11) is 0. The number of para-hydroxylation sites is 1. The van der Waals surface area contributed by atoms with Crippen LogP contribution in [0.2, 0.25) is 0 Å². The molecule has 2 N–H and O–H groups in total. The fourth-order valence-electron chi connectivity index (χ4n) is 3.72. The van der Waals surface area contributed by atoms with Gasteiger partial charge in [-0.2, -0.15) is 0 Å². The first kappa shape index (κ1) is 18.4. The second-order valence-electron chi connectivity index (χ2n) is 7.28. The molecule has 2 heterocycles. The number of rotatable bonds is 6. The second-order valence-corrected chi connectivity index (χ2v) is 7.28. The van der Waals surface area contributed by atoms with Gasteiger partial charge in [-0.05, 0) is 43.7 Å². The Labute approximate surface area is 154 Å². The maximum absolute atomic E-state index is 12.3. The summed E-state index contributed by atoms with van der Waals surface area (Å²) >= 11 is 0. The summed E-state index contributed by atoms with van der Waals surface area (Å²) in [6.45, 7) is 1.51. The molecule has 140 valence electrons. The Morgan fingerprint density at radius 2 is 1.85 bits per heavy atom. The van der Waals surface area contributed by atoms with E-state index in [0.717, 1.165) is 44.5 Å². The standard InChI is InChI=1S/C20H27N3O3/c24-18(21-16-4-2-1-3-5-16)8-6-15-10-12-23(13-11-15)20(26)14-17-7-9-19(25)22-17/h1-5,15,17H,6-14H2,(H,21,24)(H,22,25). The van der Waals surface area contributed by atoms with E-state index in [0.29, 0.717) is 25.2 Å². The lowest BCUT2D eigenvalue weighted by Gasteiger charge is -2.32. The van der Waals surface area contributed by atoms with Crippen molar-refractivity contribution in [3.63, 3.8) is 0 Å². The fourth-order valence-corrected chi connectivity index (χ4v) is 3.72. The molecule has 0 bridgehead atoms. The zero-order valence-corrected chi connectivity index (χ0v) is 15.1. The molecule has 0 aliphatic carbocycles. The van der Waals surface area contributed by atoms with Crippen LogP contribution < -0.4 is 10.6 Å². The maximum Gasteiger partial charge on any atom is 0.224 e. The predicted molar refractivity (Wildman–Crippen MR) is 99.4 cm³/mol. The van der Waals surface area contributed by atoms with Crippen LogP contribution in [-0.2, 0) is 14.4 Å². The SMILES string of the molecule is O=C(CCC1CCN(C(=O)CC2CCC(=O)N2)CC1)Nc1ccccc1. The van der Waals surface area contributed by atoms with Gasteiger partial charge in [-0.3, -0.25) is 14.4 Å². The van der Waals surface area contributed by atoms with E-state index >= 15 is 0 Å². The van der Waals surface area contributed by atoms with E-state index in [4.69, 9.17) is 0 Å². The summed E-state index contributed by atoms with van der Waals surface area (Å²) in [5.74, 6) is 0.728. The highest BCUT2D eigenvalue weighted by Crippen LogP contribution is 2.23. The van der Waals surface area contributed by atoms with E-state index in [2.05, 4.69) is 10.6 Å². The van der Waals surface area contributed by atoms with Crippen LogP contribution in [0.3, 0.4) is 0 Å². The van der Waals surface area contributed by atoms with Crippen molar-refractivity contribution in [1.29, 1.82) is 0 Å². The molecule has 1 unspecified atom stereocenters. The number of benzene rings is 1. The van der Waals surface area contributed by atoms with Gasteiger partial charge in [0.25, 0.3) is 0 Å². The van der Waals surface area contributed by atoms with Crippen LogP contribution in [0.4, 0.5) is 5.69 Å². The van der Waals surface area contributed by atoms with Crippen molar-refractivity contribution in [3.8, 4) is 0 Å². The highest BCUT2D eigenvalue weighted by molar-refractivity contribution is 5.90. The van der Waals surface area contributed by atoms with Gasteiger partial charge in [0.15, 0.2) is 0 Å². The number of likely N-dealkylation sites (tertiary alicyclic amines) is 1. The molecule has 6 heteroatoms. The summed E-state index contributed by atoms with van der Waals surface area (Å²) in [4.78, 5) is 37.5. The molecule has 6 nitrogen and oxygen atoms in total. The third kappa shape index (κ3) is 5.31. The lowest BCUT2D eigenvalue weighted by molar-refractivity contribution is -0.133. The normalized spacial score (nSPS) is 20.7. The summed E-state index contributed by atoms with van der Waals surface area (Å²) < 4.78 is 0. The Hall–Kier alpha value is -2.37. The van der Waals surface area contributed by atoms with Crippen LogP contribution in [0.5, 0.6) is 0 Å². The Kier molecular flexibility index (Phi) is 6.26. The van der Waals surface area contributed by atoms with Crippen LogP contribution in [0.15, 0.2) is 30.3 Å². The van der Waals surface area contributed by atoms with Gasteiger partial charge in [0.2, 0.25) is 17.7 Å². The van der Waals surface area contributed by atoms with Crippen molar-refractivity contribution in [2.75, 3.05) is 18.4 Å². The predicted octanol–water partition coefficient (Wildman–Crippen LogP) is 2.31. The average Bonchev–Trinajstić information content (AvgIpc) is 3.06. The molecule has 0 radical (unpaired) electrons. The molecular weight excluding hydrogens is 330 g/mol. The van der Waals surface area contributed by atoms with Gasteiger partial charge in [0.1, 0.15) is 0 Å². The molecule has 0 aromatic heterocycles. The Balaban J connectivity index is 1.34. The topological polar surface area (TPSA) is 78.5 Å². The van der Waals surface area contributed by atoms with Crippen molar-refractivity contribution >= 4 is 23.4 Å². The van der Waals surface area contributed by atoms with E-state index < -0.39 is 0 Å². The molecule has 1 aromatic carbocycles. The molecule has 2 aliphatic heterocycles. The number of nitrogens with one attached hydrogen (secondary N) is 2. The van der Waals surface area contributed by atoms with Gasteiger partial charge in [-0.15, -0.1) is 0 Å². The zero-order chi connectivity index (χ0) is 18.4.